The van der Waals surface area contributed by atoms with Gasteiger partial charge < -0.3 is 4.74 Å². The Morgan fingerprint density at radius 3 is 1.75 bits per heavy atom. The van der Waals surface area contributed by atoms with Crippen LogP contribution in [0.4, 0.5) is 0 Å². The van der Waals surface area contributed by atoms with Gasteiger partial charge in [-0.1, -0.05) is 72.8 Å². The van der Waals surface area contributed by atoms with Crippen LogP contribution in [-0.2, 0) is 5.41 Å². The van der Waals surface area contributed by atoms with Crippen molar-refractivity contribution < 1.29 is 4.74 Å². The summed E-state index contributed by atoms with van der Waals surface area (Å²) in [5, 5.41) is 29.2. The van der Waals surface area contributed by atoms with Gasteiger partial charge in [0.1, 0.15) is 5.75 Å². The molecule has 1 nitrogen and oxygen atoms in total. The fraction of sp³-hybridized carbons (Fsp3) is 0.106. The normalized spacial score (nSPS) is 26.4. The second kappa shape index (κ2) is 5.73. The molecule has 4 atom stereocenters. The van der Waals surface area contributed by atoms with Gasteiger partial charge in [-0.2, -0.15) is 0 Å². The Morgan fingerprint density at radius 1 is 0.479 bits per heavy atom. The number of ether oxygens (including phenoxy) is 1. The molecule has 0 aromatic heterocycles. The van der Waals surface area contributed by atoms with Gasteiger partial charge in [-0.3, -0.25) is 0 Å². The molecule has 48 heavy (non-hydrogen) atoms. The zero-order chi connectivity index (χ0) is 30.0. The van der Waals surface area contributed by atoms with Crippen LogP contribution in [0.15, 0.2) is 96.1 Å². The molecule has 0 radical (unpaired) electrons. The first-order valence-corrected chi connectivity index (χ1v) is 17.6. The summed E-state index contributed by atoms with van der Waals surface area (Å²) in [6.07, 6.45) is 10.2. The Kier molecular flexibility index (Phi) is 2.54. The van der Waals surface area contributed by atoms with E-state index in [1.54, 1.807) is 94.2 Å². The van der Waals surface area contributed by atoms with Gasteiger partial charge in [-0.05, 0) is 159 Å². The number of rotatable bonds is 2. The molecule has 10 aromatic carbocycles. The fourth-order valence-corrected chi connectivity index (χ4v) is 14.2. The van der Waals surface area contributed by atoms with Crippen molar-refractivity contribution in [1.29, 1.82) is 0 Å². The lowest BCUT2D eigenvalue weighted by Gasteiger charge is -2.48. The van der Waals surface area contributed by atoms with E-state index < -0.39 is 0 Å². The van der Waals surface area contributed by atoms with Crippen molar-refractivity contribution in [2.75, 3.05) is 7.11 Å². The van der Waals surface area contributed by atoms with E-state index in [1.165, 1.54) is 59.3 Å². The van der Waals surface area contributed by atoms with E-state index >= 15 is 0 Å². The predicted molar refractivity (Wildman–Crippen MR) is 196 cm³/mol. The fourth-order valence-electron chi connectivity index (χ4n) is 14.2. The molecule has 0 bridgehead atoms. The maximum absolute atomic E-state index is 5.75. The van der Waals surface area contributed by atoms with Gasteiger partial charge in [0.25, 0.3) is 0 Å². The van der Waals surface area contributed by atoms with Gasteiger partial charge in [-0.25, -0.2) is 0 Å². The molecule has 1 heteroatoms. The van der Waals surface area contributed by atoms with Crippen molar-refractivity contribution in [2.24, 2.45) is 5.92 Å². The van der Waals surface area contributed by atoms with E-state index in [-0.39, 0.29) is 11.3 Å². The van der Waals surface area contributed by atoms with Crippen molar-refractivity contribution in [2.45, 2.75) is 17.3 Å². The number of hydrogen-bond acceptors (Lipinski definition) is 1. The van der Waals surface area contributed by atoms with Crippen molar-refractivity contribution >= 4 is 103 Å². The summed E-state index contributed by atoms with van der Waals surface area (Å²) in [6.45, 7) is 0. The molecule has 0 amide bonds. The van der Waals surface area contributed by atoms with Crippen molar-refractivity contribution in [3.05, 3.63) is 128 Å². The molecule has 7 aliphatic rings. The van der Waals surface area contributed by atoms with Gasteiger partial charge >= 0.3 is 0 Å². The van der Waals surface area contributed by atoms with E-state index in [0.717, 1.165) is 5.75 Å². The molecule has 0 N–H and O–H groups in total. The zero-order valence-electron chi connectivity index (χ0n) is 25.7. The van der Waals surface area contributed by atoms with Crippen LogP contribution >= 0.6 is 0 Å². The summed E-state index contributed by atoms with van der Waals surface area (Å²) >= 11 is 0. The lowest BCUT2D eigenvalue weighted by Crippen LogP contribution is -2.44. The van der Waals surface area contributed by atoms with Gasteiger partial charge in [-0.15, -0.1) is 0 Å². The van der Waals surface area contributed by atoms with Gasteiger partial charge in [0.2, 0.25) is 0 Å². The smallest absolute Gasteiger partial charge is 0.118 e. The molecule has 0 saturated carbocycles. The molecule has 0 saturated heterocycles. The van der Waals surface area contributed by atoms with Crippen LogP contribution in [0.1, 0.15) is 28.5 Å². The third kappa shape index (κ3) is 1.51. The Morgan fingerprint density at radius 2 is 1.04 bits per heavy atom. The average molecular weight is 601 g/mol. The molecule has 0 heterocycles. The monoisotopic (exact) mass is 600 g/mol. The Hall–Kier alpha value is -5.66. The highest BCUT2D eigenvalue weighted by Gasteiger charge is 2.64. The average Bonchev–Trinajstić information content (AvgIpc) is 3.95. The second-order valence-corrected chi connectivity index (χ2v) is 16.0. The van der Waals surface area contributed by atoms with Crippen LogP contribution in [0.25, 0.3) is 103 Å². The number of hydrogen-bond donors (Lipinski definition) is 0. The summed E-state index contributed by atoms with van der Waals surface area (Å²) in [5.41, 5.74) is 12.4. The lowest BCUT2D eigenvalue weighted by atomic mass is 9.53. The van der Waals surface area contributed by atoms with Gasteiger partial charge in [0, 0.05) is 17.8 Å². The van der Waals surface area contributed by atoms with Crippen LogP contribution in [0.3, 0.4) is 0 Å². The van der Waals surface area contributed by atoms with E-state index in [1.807, 2.05) is 0 Å². The predicted octanol–water partition coefficient (Wildman–Crippen LogP) is 8.51. The topological polar surface area (TPSA) is 9.23 Å². The minimum Gasteiger partial charge on any atom is -0.497 e. The highest BCUT2D eigenvalue weighted by Crippen LogP contribution is 2.74. The number of fused-ring (bicyclic) bond motifs is 2. The Balaban J connectivity index is 1.34. The van der Waals surface area contributed by atoms with Crippen molar-refractivity contribution in [3.63, 3.8) is 0 Å². The van der Waals surface area contributed by atoms with Gasteiger partial charge in [0.15, 0.2) is 0 Å². The summed E-state index contributed by atoms with van der Waals surface area (Å²) in [4.78, 5) is 0. The third-order valence-electron chi connectivity index (χ3n) is 15.2. The number of allylic oxidation sites excluding steroid dienone is 6. The first-order chi connectivity index (χ1) is 23.8. The minimum atomic E-state index is -0.236. The van der Waals surface area contributed by atoms with E-state index in [2.05, 4.69) is 85.0 Å². The highest BCUT2D eigenvalue weighted by atomic mass is 16.5. The maximum Gasteiger partial charge on any atom is 0.118 e. The maximum atomic E-state index is 5.75. The van der Waals surface area contributed by atoms with Crippen LogP contribution in [0.5, 0.6) is 5.75 Å². The first kappa shape index (κ1) is 21.3. The molecule has 0 aliphatic heterocycles. The van der Waals surface area contributed by atoms with Crippen molar-refractivity contribution in [1.82, 2.24) is 0 Å². The quantitative estimate of drug-likeness (QED) is 0.181. The zero-order valence-corrected chi connectivity index (χ0v) is 25.7. The second-order valence-electron chi connectivity index (χ2n) is 16.0. The van der Waals surface area contributed by atoms with E-state index in [0.29, 0.717) is 11.8 Å². The molecular formula is C47H20O. The molecule has 4 unspecified atom stereocenters. The molecule has 17 rings (SSSR count). The highest BCUT2D eigenvalue weighted by molar-refractivity contribution is 6.57. The molecule has 0 fully saturated rings. The summed E-state index contributed by atoms with van der Waals surface area (Å²) < 4.78 is 5.75. The lowest BCUT2D eigenvalue weighted by molar-refractivity contribution is 0.414. The molecule has 10 aromatic rings. The largest absolute Gasteiger partial charge is 0.497 e. The molecule has 0 spiro atoms. The van der Waals surface area contributed by atoms with Crippen LogP contribution in [0, 0.1) is 5.92 Å². The van der Waals surface area contributed by atoms with E-state index in [4.69, 9.17) is 4.74 Å². The van der Waals surface area contributed by atoms with Crippen LogP contribution in [0.2, 0.25) is 0 Å². The van der Waals surface area contributed by atoms with Crippen molar-refractivity contribution in [3.8, 4) is 5.75 Å². The SMILES string of the molecule is COc1ccc(C23C4=C5C=CC6=c7ccc8c9ccc%10c%11ccc%12c%13c(c%14c%15c%16c(c7c8c7c%16c%14c(c%13%11)c%10c97)C6C5C=%152)C3C=%12C=C4)cc1. The summed E-state index contributed by atoms with van der Waals surface area (Å²) in [5.74, 6) is 1.94. The molecular weight excluding hydrogens is 581 g/mol. The van der Waals surface area contributed by atoms with E-state index in [9.17, 15) is 0 Å². The van der Waals surface area contributed by atoms with Crippen LogP contribution < -0.4 is 20.4 Å². The summed E-state index contributed by atoms with van der Waals surface area (Å²) in [6, 6.07) is 24.2. The standard InChI is InChI=1S/C47H20O/c1-48-17-4-2-16(3-5-17)47-27-15-14-25-24-11-10-21-20-7-6-18-19-8-9-22-23-12-13-26(27)35-34(23)38-31(22)30(19)36-28(18)29(20)37-32(21)33(24)43(45(25)47)42-40(37)39(36)41(38)44(42)46(35)47/h2-15,34-35,45H,1H3. The summed E-state index contributed by atoms with van der Waals surface area (Å²) in [7, 11) is 1.79. The Bertz CT molecular complexity index is 3660. The molecule has 7 aliphatic carbocycles. The minimum absolute atomic E-state index is 0.236. The molecule has 214 valence electrons. The van der Waals surface area contributed by atoms with Crippen LogP contribution in [-0.4, -0.2) is 7.11 Å². The first-order valence-electron chi connectivity index (χ1n) is 17.6. The third-order valence-corrected chi connectivity index (χ3v) is 15.2. The number of benzene rings is 7. The Labute approximate surface area is 271 Å². The van der Waals surface area contributed by atoms with Gasteiger partial charge in [0.05, 0.1) is 12.5 Å². The number of methoxy groups -OCH3 is 1.